The van der Waals surface area contributed by atoms with E-state index in [1.54, 1.807) is 0 Å². The SMILES string of the molecule is CCc1ccc(CCOc2ccc(CC(c3ccccc3)C3SC(=O)NC3=O)cc2)nc1. The Kier molecular flexibility index (Phi) is 7.22. The minimum atomic E-state index is -0.424. The van der Waals surface area contributed by atoms with Crippen LogP contribution in [0.25, 0.3) is 0 Å². The van der Waals surface area contributed by atoms with E-state index in [2.05, 4.69) is 29.4 Å². The van der Waals surface area contributed by atoms with Crippen molar-refractivity contribution in [1.82, 2.24) is 10.3 Å². The molecule has 164 valence electrons. The van der Waals surface area contributed by atoms with Crippen LogP contribution in [0.1, 0.15) is 35.2 Å². The van der Waals surface area contributed by atoms with Gasteiger partial charge in [0.25, 0.3) is 5.24 Å². The molecule has 0 radical (unpaired) electrons. The quantitative estimate of drug-likeness (QED) is 0.504. The first kappa shape index (κ1) is 22.1. The van der Waals surface area contributed by atoms with Crippen LogP contribution in [-0.4, -0.2) is 28.0 Å². The van der Waals surface area contributed by atoms with Gasteiger partial charge in [-0.2, -0.15) is 0 Å². The molecule has 0 bridgehead atoms. The Morgan fingerprint density at radius 1 is 1.00 bits per heavy atom. The van der Waals surface area contributed by atoms with E-state index in [1.807, 2.05) is 60.8 Å². The summed E-state index contributed by atoms with van der Waals surface area (Å²) in [6, 6.07) is 22.0. The summed E-state index contributed by atoms with van der Waals surface area (Å²) >= 11 is 1.08. The predicted octanol–water partition coefficient (Wildman–Crippen LogP) is 4.94. The van der Waals surface area contributed by atoms with E-state index in [-0.39, 0.29) is 17.1 Å². The van der Waals surface area contributed by atoms with E-state index in [4.69, 9.17) is 4.74 Å². The number of aryl methyl sites for hydroxylation is 1. The van der Waals surface area contributed by atoms with Crippen LogP contribution >= 0.6 is 11.8 Å². The number of hydrogen-bond donors (Lipinski definition) is 1. The normalized spacial score (nSPS) is 16.6. The smallest absolute Gasteiger partial charge is 0.286 e. The van der Waals surface area contributed by atoms with E-state index in [1.165, 1.54) is 5.56 Å². The Bertz CT molecular complexity index is 1050. The molecule has 2 heterocycles. The molecule has 2 aromatic carbocycles. The summed E-state index contributed by atoms with van der Waals surface area (Å²) in [6.07, 6.45) is 4.33. The predicted molar refractivity (Wildman–Crippen MR) is 127 cm³/mol. The van der Waals surface area contributed by atoms with Crippen molar-refractivity contribution < 1.29 is 14.3 Å². The fourth-order valence-electron chi connectivity index (χ4n) is 3.80. The highest BCUT2D eigenvalue weighted by Crippen LogP contribution is 2.35. The van der Waals surface area contributed by atoms with E-state index in [9.17, 15) is 9.59 Å². The molecule has 0 spiro atoms. The monoisotopic (exact) mass is 446 g/mol. The number of aromatic nitrogens is 1. The van der Waals surface area contributed by atoms with E-state index >= 15 is 0 Å². The van der Waals surface area contributed by atoms with Gasteiger partial charge in [0, 0.05) is 24.2 Å². The van der Waals surface area contributed by atoms with Crippen LogP contribution < -0.4 is 10.1 Å². The van der Waals surface area contributed by atoms with Crippen molar-refractivity contribution in [2.24, 2.45) is 0 Å². The molecule has 1 aromatic heterocycles. The third-order valence-corrected chi connectivity index (χ3v) is 6.72. The first-order valence-corrected chi connectivity index (χ1v) is 11.7. The molecule has 1 N–H and O–H groups in total. The number of amides is 2. The molecule has 0 aliphatic carbocycles. The highest BCUT2D eigenvalue weighted by atomic mass is 32.2. The molecular formula is C26H26N2O3S. The van der Waals surface area contributed by atoms with Crippen molar-refractivity contribution in [3.8, 4) is 5.75 Å². The van der Waals surface area contributed by atoms with E-state index < -0.39 is 5.25 Å². The lowest BCUT2D eigenvalue weighted by atomic mass is 9.88. The molecule has 1 aliphatic rings. The number of hydrogen-bond acceptors (Lipinski definition) is 5. The highest BCUT2D eigenvalue weighted by Gasteiger charge is 2.38. The van der Waals surface area contributed by atoms with Gasteiger partial charge in [0.05, 0.1) is 6.61 Å². The Labute approximate surface area is 192 Å². The van der Waals surface area contributed by atoms with Gasteiger partial charge >= 0.3 is 0 Å². The van der Waals surface area contributed by atoms with Crippen molar-refractivity contribution in [1.29, 1.82) is 0 Å². The zero-order chi connectivity index (χ0) is 22.3. The van der Waals surface area contributed by atoms with Gasteiger partial charge in [-0.25, -0.2) is 0 Å². The molecule has 0 saturated carbocycles. The standard InChI is InChI=1S/C26H26N2O3S/c1-2-18-8-11-21(27-17-18)14-15-31-22-12-9-19(10-13-22)16-23(20-6-4-3-5-7-20)24-25(29)28-26(30)32-24/h3-13,17,23-24H,2,14-16H2,1H3,(H,28,29,30). The zero-order valence-electron chi connectivity index (χ0n) is 18.0. The molecule has 1 aliphatic heterocycles. The number of pyridine rings is 1. The van der Waals surface area contributed by atoms with Crippen LogP contribution in [-0.2, 0) is 24.1 Å². The first-order chi connectivity index (χ1) is 15.6. The molecule has 3 aromatic rings. The lowest BCUT2D eigenvalue weighted by molar-refractivity contribution is -0.119. The number of nitrogens with one attached hydrogen (secondary N) is 1. The van der Waals surface area contributed by atoms with Crippen LogP contribution in [0.2, 0.25) is 0 Å². The number of benzene rings is 2. The third-order valence-electron chi connectivity index (χ3n) is 5.61. The number of carbonyl (C=O) groups is 2. The lowest BCUT2D eigenvalue weighted by Gasteiger charge is -2.21. The van der Waals surface area contributed by atoms with E-state index in [0.717, 1.165) is 47.2 Å². The van der Waals surface area contributed by atoms with Crippen LogP contribution in [0, 0.1) is 0 Å². The summed E-state index contributed by atoms with van der Waals surface area (Å²) in [5.41, 5.74) is 4.40. The number of rotatable bonds is 9. The van der Waals surface area contributed by atoms with Crippen molar-refractivity contribution >= 4 is 22.9 Å². The molecule has 1 fully saturated rings. The summed E-state index contributed by atoms with van der Waals surface area (Å²) < 4.78 is 5.89. The molecule has 2 unspecified atom stereocenters. The summed E-state index contributed by atoms with van der Waals surface area (Å²) in [4.78, 5) is 28.5. The van der Waals surface area contributed by atoms with E-state index in [0.29, 0.717) is 13.0 Å². The van der Waals surface area contributed by atoms with Gasteiger partial charge in [-0.15, -0.1) is 0 Å². The Hall–Kier alpha value is -3.12. The Balaban J connectivity index is 1.38. The number of ether oxygens (including phenoxy) is 1. The van der Waals surface area contributed by atoms with Crippen LogP contribution in [0.4, 0.5) is 4.79 Å². The third kappa shape index (κ3) is 5.56. The summed E-state index contributed by atoms with van der Waals surface area (Å²) in [5.74, 6) is 0.504. The van der Waals surface area contributed by atoms with Crippen LogP contribution in [0.15, 0.2) is 72.9 Å². The lowest BCUT2D eigenvalue weighted by Crippen LogP contribution is -2.29. The maximum atomic E-state index is 12.3. The second-order valence-corrected chi connectivity index (χ2v) is 8.90. The number of carbonyl (C=O) groups excluding carboxylic acids is 2. The second-order valence-electron chi connectivity index (χ2n) is 7.79. The maximum Gasteiger partial charge on any atom is 0.286 e. The maximum absolute atomic E-state index is 12.3. The van der Waals surface area contributed by atoms with Crippen molar-refractivity contribution in [3.05, 3.63) is 95.3 Å². The average Bonchev–Trinajstić information content (AvgIpc) is 3.17. The highest BCUT2D eigenvalue weighted by molar-refractivity contribution is 8.15. The zero-order valence-corrected chi connectivity index (χ0v) is 18.8. The second kappa shape index (κ2) is 10.5. The van der Waals surface area contributed by atoms with Gasteiger partial charge in [-0.3, -0.25) is 19.9 Å². The average molecular weight is 447 g/mol. The largest absolute Gasteiger partial charge is 0.493 e. The van der Waals surface area contributed by atoms with Gasteiger partial charge < -0.3 is 4.74 Å². The summed E-state index contributed by atoms with van der Waals surface area (Å²) in [6.45, 7) is 2.68. The molecule has 4 rings (SSSR count). The fourth-order valence-corrected chi connectivity index (χ4v) is 4.77. The summed E-state index contributed by atoms with van der Waals surface area (Å²) in [5, 5.41) is 1.72. The van der Waals surface area contributed by atoms with Crippen molar-refractivity contribution in [3.63, 3.8) is 0 Å². The first-order valence-electron chi connectivity index (χ1n) is 10.8. The molecule has 32 heavy (non-hydrogen) atoms. The van der Waals surface area contributed by atoms with Crippen LogP contribution in [0.3, 0.4) is 0 Å². The van der Waals surface area contributed by atoms with Crippen molar-refractivity contribution in [2.75, 3.05) is 6.61 Å². The minimum absolute atomic E-state index is 0.0865. The van der Waals surface area contributed by atoms with Gasteiger partial charge in [0.1, 0.15) is 11.0 Å². The molecule has 2 atom stereocenters. The summed E-state index contributed by atoms with van der Waals surface area (Å²) in [7, 11) is 0. The van der Waals surface area contributed by atoms with Crippen LogP contribution in [0.5, 0.6) is 5.75 Å². The molecule has 5 nitrogen and oxygen atoms in total. The van der Waals surface area contributed by atoms with Gasteiger partial charge in [0.2, 0.25) is 5.91 Å². The number of thioether (sulfide) groups is 1. The topological polar surface area (TPSA) is 68.3 Å². The molecule has 1 saturated heterocycles. The molecule has 6 heteroatoms. The molecule has 2 amide bonds. The van der Waals surface area contributed by atoms with Gasteiger partial charge in [0.15, 0.2) is 0 Å². The fraction of sp³-hybridized carbons (Fsp3) is 0.269. The van der Waals surface area contributed by atoms with Gasteiger partial charge in [-0.05, 0) is 47.7 Å². The Morgan fingerprint density at radius 3 is 2.38 bits per heavy atom. The Morgan fingerprint density at radius 2 is 1.75 bits per heavy atom. The number of imide groups is 1. The number of nitrogens with zero attached hydrogens (tertiary/aromatic N) is 1. The van der Waals surface area contributed by atoms with Gasteiger partial charge in [-0.1, -0.05) is 67.2 Å². The molecular weight excluding hydrogens is 420 g/mol. The minimum Gasteiger partial charge on any atom is -0.493 e. The van der Waals surface area contributed by atoms with Crippen molar-refractivity contribution in [2.45, 2.75) is 37.4 Å².